The van der Waals surface area contributed by atoms with Gasteiger partial charge in [-0.3, -0.25) is 10.1 Å². The van der Waals surface area contributed by atoms with E-state index in [0.717, 1.165) is 5.56 Å². The van der Waals surface area contributed by atoms with Crippen molar-refractivity contribution in [3.8, 4) is 11.5 Å². The minimum absolute atomic E-state index is 0.246. The Bertz CT molecular complexity index is 666. The van der Waals surface area contributed by atoms with Gasteiger partial charge in [-0.05, 0) is 41.2 Å². The summed E-state index contributed by atoms with van der Waals surface area (Å²) in [6.45, 7) is 8.13. The lowest BCUT2D eigenvalue weighted by Crippen LogP contribution is -1.91. The van der Waals surface area contributed by atoms with Gasteiger partial charge in [-0.25, -0.2) is 0 Å². The number of hydrogen-bond donors (Lipinski definition) is 2. The molecule has 5 heteroatoms. The second kappa shape index (κ2) is 8.17. The molecule has 0 aromatic heterocycles. The molecule has 23 heavy (non-hydrogen) atoms. The molecule has 0 aliphatic rings. The van der Waals surface area contributed by atoms with E-state index in [2.05, 4.69) is 13.8 Å². The third kappa shape index (κ3) is 5.62. The maximum atomic E-state index is 10.3. The summed E-state index contributed by atoms with van der Waals surface area (Å²) in [5.74, 6) is 0.834. The number of phenols is 2. The molecule has 0 saturated carbocycles. The van der Waals surface area contributed by atoms with Gasteiger partial charge in [0, 0.05) is 6.07 Å². The Hall–Kier alpha value is -2.56. The molecule has 0 heterocycles. The van der Waals surface area contributed by atoms with Crippen molar-refractivity contribution in [1.29, 1.82) is 0 Å². The van der Waals surface area contributed by atoms with Crippen LogP contribution in [0.2, 0.25) is 0 Å². The first-order valence-corrected chi connectivity index (χ1v) is 7.48. The van der Waals surface area contributed by atoms with Crippen LogP contribution >= 0.6 is 0 Å². The van der Waals surface area contributed by atoms with Crippen molar-refractivity contribution in [1.82, 2.24) is 0 Å². The van der Waals surface area contributed by atoms with E-state index in [1.807, 2.05) is 26.0 Å². The molecule has 0 aliphatic carbocycles. The molecule has 0 bridgehead atoms. The summed E-state index contributed by atoms with van der Waals surface area (Å²) < 4.78 is 0. The van der Waals surface area contributed by atoms with Crippen LogP contribution in [0.25, 0.3) is 0 Å². The predicted molar refractivity (Wildman–Crippen MR) is 91.0 cm³/mol. The zero-order valence-electron chi connectivity index (χ0n) is 13.9. The molecule has 0 spiro atoms. The van der Waals surface area contributed by atoms with Crippen LogP contribution in [-0.4, -0.2) is 15.1 Å². The number of phenolic OH excluding ortho intramolecular Hbond substituents is 2. The molecule has 0 amide bonds. The van der Waals surface area contributed by atoms with E-state index >= 15 is 0 Å². The van der Waals surface area contributed by atoms with Gasteiger partial charge in [0.05, 0.1) is 4.92 Å². The van der Waals surface area contributed by atoms with Crippen molar-refractivity contribution in [2.24, 2.45) is 0 Å². The second-order valence-corrected chi connectivity index (χ2v) is 5.91. The van der Waals surface area contributed by atoms with Crippen molar-refractivity contribution < 1.29 is 15.1 Å². The fourth-order valence-corrected chi connectivity index (χ4v) is 1.94. The molecule has 0 aliphatic heterocycles. The summed E-state index contributed by atoms with van der Waals surface area (Å²) in [5.41, 5.74) is 1.83. The van der Waals surface area contributed by atoms with Crippen LogP contribution < -0.4 is 0 Å². The summed E-state index contributed by atoms with van der Waals surface area (Å²) in [6.07, 6.45) is 0. The number of aromatic hydroxyl groups is 2. The fourth-order valence-electron chi connectivity index (χ4n) is 1.94. The average molecular weight is 317 g/mol. The molecule has 0 fully saturated rings. The molecule has 2 rings (SSSR count). The highest BCUT2D eigenvalue weighted by Gasteiger charge is 2.13. The van der Waals surface area contributed by atoms with Gasteiger partial charge in [0.1, 0.15) is 5.75 Å². The zero-order valence-corrected chi connectivity index (χ0v) is 13.9. The van der Waals surface area contributed by atoms with E-state index < -0.39 is 4.92 Å². The Labute approximate surface area is 136 Å². The number of benzene rings is 2. The second-order valence-electron chi connectivity index (χ2n) is 5.91. The van der Waals surface area contributed by atoms with Gasteiger partial charge in [0.2, 0.25) is 0 Å². The molecule has 0 unspecified atom stereocenters. The lowest BCUT2D eigenvalue weighted by atomic mass is 10.0. The first-order chi connectivity index (χ1) is 10.7. The third-order valence-electron chi connectivity index (χ3n) is 3.40. The minimum atomic E-state index is -0.598. The third-order valence-corrected chi connectivity index (χ3v) is 3.40. The molecule has 0 saturated heterocycles. The van der Waals surface area contributed by atoms with Gasteiger partial charge in [0.15, 0.2) is 5.75 Å². The largest absolute Gasteiger partial charge is 0.508 e. The van der Waals surface area contributed by atoms with Gasteiger partial charge >= 0.3 is 5.69 Å². The quantitative estimate of drug-likeness (QED) is 0.620. The van der Waals surface area contributed by atoms with Gasteiger partial charge in [0.25, 0.3) is 0 Å². The van der Waals surface area contributed by atoms with Gasteiger partial charge in [-0.1, -0.05) is 45.9 Å². The molecule has 2 aromatic rings. The number of nitro benzene ring substituents is 1. The van der Waals surface area contributed by atoms with Gasteiger partial charge in [-0.2, -0.15) is 0 Å². The van der Waals surface area contributed by atoms with Crippen LogP contribution in [0.5, 0.6) is 11.5 Å². The van der Waals surface area contributed by atoms with Crippen LogP contribution in [0.3, 0.4) is 0 Å². The standard InChI is InChI=1S/C9H11NO3.C9H12O/c1-6(2)7-3-4-8(10(12)13)9(11)5-7;1-7(2)8-4-3-5-9(10)6-8/h3-6,11H,1-2H3;3-7,10H,1-2H3. The van der Waals surface area contributed by atoms with Gasteiger partial charge in [-0.15, -0.1) is 0 Å². The van der Waals surface area contributed by atoms with Crippen molar-refractivity contribution in [3.63, 3.8) is 0 Å². The number of hydrogen-bond acceptors (Lipinski definition) is 4. The molecule has 0 radical (unpaired) electrons. The van der Waals surface area contributed by atoms with Crippen molar-refractivity contribution >= 4 is 5.69 Å². The Morgan fingerprint density at radius 3 is 1.87 bits per heavy atom. The van der Waals surface area contributed by atoms with Crippen molar-refractivity contribution in [2.75, 3.05) is 0 Å². The van der Waals surface area contributed by atoms with E-state index in [1.165, 1.54) is 17.7 Å². The van der Waals surface area contributed by atoms with E-state index in [1.54, 1.807) is 18.2 Å². The SMILES string of the molecule is CC(C)c1ccc([N+](=O)[O-])c(O)c1.CC(C)c1cccc(O)c1. The molecule has 0 atom stereocenters. The number of rotatable bonds is 3. The average Bonchev–Trinajstić information content (AvgIpc) is 2.47. The molecule has 124 valence electrons. The van der Waals surface area contributed by atoms with Gasteiger partial charge < -0.3 is 10.2 Å². The van der Waals surface area contributed by atoms with Crippen molar-refractivity contribution in [3.05, 3.63) is 63.7 Å². The molecule has 2 N–H and O–H groups in total. The topological polar surface area (TPSA) is 83.6 Å². The van der Waals surface area contributed by atoms with E-state index in [0.29, 0.717) is 11.7 Å². The summed E-state index contributed by atoms with van der Waals surface area (Å²) >= 11 is 0. The Balaban J connectivity index is 0.000000238. The number of nitro groups is 1. The highest BCUT2D eigenvalue weighted by atomic mass is 16.6. The summed E-state index contributed by atoms with van der Waals surface area (Å²) in [5, 5.41) is 28.7. The van der Waals surface area contributed by atoms with Crippen LogP contribution in [0.4, 0.5) is 5.69 Å². The van der Waals surface area contributed by atoms with Crippen LogP contribution in [0.15, 0.2) is 42.5 Å². The van der Waals surface area contributed by atoms with E-state index in [9.17, 15) is 15.2 Å². The molecule has 2 aromatic carbocycles. The number of nitrogens with zero attached hydrogens (tertiary/aromatic N) is 1. The Morgan fingerprint density at radius 2 is 1.48 bits per heavy atom. The summed E-state index contributed by atoms with van der Waals surface area (Å²) in [6, 6.07) is 11.8. The monoisotopic (exact) mass is 317 g/mol. The van der Waals surface area contributed by atoms with Crippen LogP contribution in [0.1, 0.15) is 50.7 Å². The first-order valence-electron chi connectivity index (χ1n) is 7.48. The lowest BCUT2D eigenvalue weighted by molar-refractivity contribution is -0.385. The first kappa shape index (κ1) is 18.5. The van der Waals surface area contributed by atoms with E-state index in [4.69, 9.17) is 5.11 Å². The Morgan fingerprint density at radius 1 is 0.913 bits per heavy atom. The lowest BCUT2D eigenvalue weighted by Gasteiger charge is -2.04. The predicted octanol–water partition coefficient (Wildman–Crippen LogP) is 4.94. The summed E-state index contributed by atoms with van der Waals surface area (Å²) in [4.78, 5) is 9.75. The smallest absolute Gasteiger partial charge is 0.310 e. The van der Waals surface area contributed by atoms with Crippen LogP contribution in [-0.2, 0) is 0 Å². The summed E-state index contributed by atoms with van der Waals surface area (Å²) in [7, 11) is 0. The Kier molecular flexibility index (Phi) is 6.57. The maximum Gasteiger partial charge on any atom is 0.310 e. The fraction of sp³-hybridized carbons (Fsp3) is 0.333. The molecular formula is C18H23NO4. The molecule has 5 nitrogen and oxygen atoms in total. The minimum Gasteiger partial charge on any atom is -0.508 e. The zero-order chi connectivity index (χ0) is 17.6. The highest BCUT2D eigenvalue weighted by Crippen LogP contribution is 2.29. The normalized spacial score (nSPS) is 10.3. The maximum absolute atomic E-state index is 10.3. The van der Waals surface area contributed by atoms with E-state index in [-0.39, 0.29) is 17.4 Å². The van der Waals surface area contributed by atoms with Crippen LogP contribution in [0, 0.1) is 10.1 Å². The van der Waals surface area contributed by atoms with Crippen molar-refractivity contribution in [2.45, 2.75) is 39.5 Å². The molecular weight excluding hydrogens is 294 g/mol. The highest BCUT2D eigenvalue weighted by molar-refractivity contribution is 5.47.